The number of hydrogen-bond donors (Lipinski definition) is 1. The minimum Gasteiger partial charge on any atom is -0.381 e. The predicted octanol–water partition coefficient (Wildman–Crippen LogP) is 0.692. The molecule has 3 nitrogen and oxygen atoms in total. The Hall–Kier alpha value is -0.570. The van der Waals surface area contributed by atoms with Crippen LogP contribution in [0, 0.1) is 0 Å². The maximum Gasteiger partial charge on any atom is 0.219 e. The van der Waals surface area contributed by atoms with Crippen LogP contribution in [-0.2, 0) is 9.53 Å². The molecule has 0 aliphatic carbocycles. The highest BCUT2D eigenvalue weighted by Gasteiger charge is 2.14. The van der Waals surface area contributed by atoms with Crippen LogP contribution in [0.25, 0.3) is 0 Å². The second-order valence-electron chi connectivity index (χ2n) is 2.81. The second-order valence-corrected chi connectivity index (χ2v) is 2.81. The number of hydrogen-bond acceptors (Lipinski definition) is 2. The molecule has 0 saturated carbocycles. The Labute approximate surface area is 67.1 Å². The van der Waals surface area contributed by atoms with Crippen LogP contribution in [0.5, 0.6) is 0 Å². The van der Waals surface area contributed by atoms with Gasteiger partial charge in [0.2, 0.25) is 5.91 Å². The van der Waals surface area contributed by atoms with Gasteiger partial charge in [0.1, 0.15) is 0 Å². The van der Waals surface area contributed by atoms with Gasteiger partial charge in [0.25, 0.3) is 0 Å². The summed E-state index contributed by atoms with van der Waals surface area (Å²) < 4.78 is 5.16. The van der Waals surface area contributed by atoms with Crippen molar-refractivity contribution in [2.24, 2.45) is 0 Å². The minimum atomic E-state index is 0.150. The third-order valence-electron chi connectivity index (χ3n) is 1.91. The molecule has 0 unspecified atom stereocenters. The Morgan fingerprint density at radius 2 is 2.18 bits per heavy atom. The van der Waals surface area contributed by atoms with Crippen LogP contribution in [-0.4, -0.2) is 25.2 Å². The van der Waals surface area contributed by atoms with E-state index in [-0.39, 0.29) is 5.91 Å². The zero-order valence-corrected chi connectivity index (χ0v) is 6.93. The van der Waals surface area contributed by atoms with Crippen molar-refractivity contribution in [1.29, 1.82) is 0 Å². The van der Waals surface area contributed by atoms with Gasteiger partial charge in [-0.25, -0.2) is 0 Å². The summed E-state index contributed by atoms with van der Waals surface area (Å²) in [5, 5.41) is 2.95. The molecule has 1 aliphatic rings. The van der Waals surface area contributed by atoms with Crippen molar-refractivity contribution in [3.63, 3.8) is 0 Å². The lowest BCUT2D eigenvalue weighted by Gasteiger charge is -2.22. The highest BCUT2D eigenvalue weighted by Crippen LogP contribution is 2.05. The van der Waals surface area contributed by atoms with E-state index in [2.05, 4.69) is 5.32 Å². The van der Waals surface area contributed by atoms with Gasteiger partial charge in [0.05, 0.1) is 0 Å². The highest BCUT2D eigenvalue weighted by molar-refractivity contribution is 5.75. The maximum absolute atomic E-state index is 10.9. The molecular formula is C8H15NO2. The molecule has 0 bridgehead atoms. The largest absolute Gasteiger partial charge is 0.381 e. The summed E-state index contributed by atoms with van der Waals surface area (Å²) in [7, 11) is 0. The van der Waals surface area contributed by atoms with Crippen molar-refractivity contribution in [3.8, 4) is 0 Å². The lowest BCUT2D eigenvalue weighted by Crippen LogP contribution is -2.38. The molecule has 0 aromatic heterocycles. The van der Waals surface area contributed by atoms with Crippen LogP contribution in [0.1, 0.15) is 26.2 Å². The van der Waals surface area contributed by atoms with Crippen LogP contribution in [0.15, 0.2) is 0 Å². The standard InChI is InChI=1S/C8H15NO2/c1-2-8(10)9-7-3-5-11-6-4-7/h7H,2-6H2,1H3,(H,9,10). The Morgan fingerprint density at radius 1 is 1.55 bits per heavy atom. The van der Waals surface area contributed by atoms with Gasteiger partial charge in [-0.2, -0.15) is 0 Å². The molecule has 11 heavy (non-hydrogen) atoms. The molecule has 0 atom stereocenters. The first kappa shape index (κ1) is 8.53. The van der Waals surface area contributed by atoms with E-state index >= 15 is 0 Å². The Balaban J connectivity index is 2.19. The molecule has 1 rings (SSSR count). The number of carbonyl (C=O) groups is 1. The normalized spacial score (nSPS) is 19.7. The van der Waals surface area contributed by atoms with Crippen LogP contribution >= 0.6 is 0 Å². The van der Waals surface area contributed by atoms with Crippen molar-refractivity contribution in [2.45, 2.75) is 32.2 Å². The van der Waals surface area contributed by atoms with Gasteiger partial charge < -0.3 is 10.1 Å². The molecule has 0 radical (unpaired) electrons. The van der Waals surface area contributed by atoms with Gasteiger partial charge in [0, 0.05) is 25.7 Å². The monoisotopic (exact) mass is 157 g/mol. The van der Waals surface area contributed by atoms with E-state index in [0.717, 1.165) is 26.1 Å². The first-order valence-corrected chi connectivity index (χ1v) is 4.20. The average Bonchev–Trinajstić information content (AvgIpc) is 2.06. The van der Waals surface area contributed by atoms with Gasteiger partial charge in [-0.1, -0.05) is 6.92 Å². The third kappa shape index (κ3) is 2.89. The average molecular weight is 157 g/mol. The highest BCUT2D eigenvalue weighted by atomic mass is 16.5. The van der Waals surface area contributed by atoms with Gasteiger partial charge in [-0.15, -0.1) is 0 Å². The zero-order chi connectivity index (χ0) is 8.10. The summed E-state index contributed by atoms with van der Waals surface area (Å²) in [5.74, 6) is 0.150. The lowest BCUT2D eigenvalue weighted by atomic mass is 10.1. The van der Waals surface area contributed by atoms with E-state index < -0.39 is 0 Å². The summed E-state index contributed by atoms with van der Waals surface area (Å²) in [6.07, 6.45) is 2.51. The zero-order valence-electron chi connectivity index (χ0n) is 6.93. The lowest BCUT2D eigenvalue weighted by molar-refractivity contribution is -0.122. The smallest absolute Gasteiger partial charge is 0.219 e. The number of ether oxygens (including phenoxy) is 1. The summed E-state index contributed by atoms with van der Waals surface area (Å²) in [6, 6.07) is 0.358. The fraction of sp³-hybridized carbons (Fsp3) is 0.875. The topological polar surface area (TPSA) is 38.3 Å². The first-order chi connectivity index (χ1) is 5.33. The fourth-order valence-corrected chi connectivity index (χ4v) is 1.17. The summed E-state index contributed by atoms with van der Waals surface area (Å²) >= 11 is 0. The van der Waals surface area contributed by atoms with Crippen LogP contribution < -0.4 is 5.32 Å². The Morgan fingerprint density at radius 3 is 2.73 bits per heavy atom. The van der Waals surface area contributed by atoms with E-state index in [1.54, 1.807) is 0 Å². The summed E-state index contributed by atoms with van der Waals surface area (Å²) in [5.41, 5.74) is 0. The van der Waals surface area contributed by atoms with Crippen molar-refractivity contribution in [2.75, 3.05) is 13.2 Å². The van der Waals surface area contributed by atoms with E-state index in [9.17, 15) is 4.79 Å². The minimum absolute atomic E-state index is 0.150. The van der Waals surface area contributed by atoms with Gasteiger partial charge in [-0.05, 0) is 12.8 Å². The summed E-state index contributed by atoms with van der Waals surface area (Å²) in [4.78, 5) is 10.9. The molecule has 1 heterocycles. The molecule has 1 amide bonds. The van der Waals surface area contributed by atoms with E-state index in [1.807, 2.05) is 6.92 Å². The number of carbonyl (C=O) groups excluding carboxylic acids is 1. The SMILES string of the molecule is CCC(=O)NC1CCOCC1. The van der Waals surface area contributed by atoms with Crippen molar-refractivity contribution in [3.05, 3.63) is 0 Å². The Bertz CT molecular complexity index is 130. The van der Waals surface area contributed by atoms with Crippen LogP contribution in [0.3, 0.4) is 0 Å². The number of amides is 1. The van der Waals surface area contributed by atoms with E-state index in [1.165, 1.54) is 0 Å². The predicted molar refractivity (Wildman–Crippen MR) is 42.3 cm³/mol. The van der Waals surface area contributed by atoms with E-state index in [4.69, 9.17) is 4.74 Å². The number of rotatable bonds is 2. The molecule has 0 aromatic rings. The van der Waals surface area contributed by atoms with E-state index in [0.29, 0.717) is 12.5 Å². The molecule has 1 N–H and O–H groups in total. The fourth-order valence-electron chi connectivity index (χ4n) is 1.17. The third-order valence-corrected chi connectivity index (χ3v) is 1.91. The molecule has 1 fully saturated rings. The second kappa shape index (κ2) is 4.34. The molecule has 1 saturated heterocycles. The van der Waals surface area contributed by atoms with Crippen molar-refractivity contribution < 1.29 is 9.53 Å². The number of nitrogens with one attached hydrogen (secondary N) is 1. The molecule has 3 heteroatoms. The van der Waals surface area contributed by atoms with Crippen molar-refractivity contribution in [1.82, 2.24) is 5.32 Å². The molecule has 64 valence electrons. The van der Waals surface area contributed by atoms with Crippen LogP contribution in [0.2, 0.25) is 0 Å². The van der Waals surface area contributed by atoms with Gasteiger partial charge >= 0.3 is 0 Å². The van der Waals surface area contributed by atoms with Crippen molar-refractivity contribution >= 4 is 5.91 Å². The molecular weight excluding hydrogens is 142 g/mol. The molecule has 0 spiro atoms. The summed E-state index contributed by atoms with van der Waals surface area (Å²) in [6.45, 7) is 3.44. The molecule has 1 aliphatic heterocycles. The van der Waals surface area contributed by atoms with Gasteiger partial charge in [0.15, 0.2) is 0 Å². The first-order valence-electron chi connectivity index (χ1n) is 4.20. The molecule has 0 aromatic carbocycles. The Kier molecular flexibility index (Phi) is 3.36. The van der Waals surface area contributed by atoms with Gasteiger partial charge in [-0.3, -0.25) is 4.79 Å². The maximum atomic E-state index is 10.9. The van der Waals surface area contributed by atoms with Crippen LogP contribution in [0.4, 0.5) is 0 Å². The quantitative estimate of drug-likeness (QED) is 0.640.